The van der Waals surface area contributed by atoms with Crippen molar-refractivity contribution >= 4 is 34.5 Å². The number of anilines is 2. The summed E-state index contributed by atoms with van der Waals surface area (Å²) in [5, 5.41) is 10.0. The largest absolute Gasteiger partial charge is 0.367 e. The van der Waals surface area contributed by atoms with Crippen molar-refractivity contribution in [3.63, 3.8) is 0 Å². The molecule has 1 saturated heterocycles. The van der Waals surface area contributed by atoms with E-state index in [4.69, 9.17) is 0 Å². The summed E-state index contributed by atoms with van der Waals surface area (Å²) in [5.41, 5.74) is 4.09. The van der Waals surface area contributed by atoms with Crippen LogP contribution in [0, 0.1) is 0 Å². The van der Waals surface area contributed by atoms with Gasteiger partial charge in [-0.05, 0) is 55.7 Å². The number of nitrogens with zero attached hydrogens (tertiary/aromatic N) is 3. The molecule has 1 aromatic heterocycles. The number of nitrogens with one attached hydrogen (secondary N) is 2. The first-order chi connectivity index (χ1) is 18.0. The molecule has 37 heavy (non-hydrogen) atoms. The zero-order chi connectivity index (χ0) is 25.8. The SMILES string of the molecule is CN(C)CCN1CCN(c2ccc(C(=O)N[C@@H]3C[C@H]3c3ccccc3)cc2NC(=O)c2ccsc2)CC1. The standard InChI is InChI=1S/C29H35N5O2S/c1-32(2)11-12-33-13-15-34(16-14-33)27-9-8-22(18-26(27)31-29(36)23-10-17-37-20-23)28(35)30-25-19-24(25)21-6-4-3-5-7-21/h3-10,17-18,20,24-25H,11-16,19H2,1-2H3,(H,30,35)(H,31,36)/t24-,25+/m0/s1. The molecule has 0 spiro atoms. The van der Waals surface area contributed by atoms with Crippen LogP contribution in [0.2, 0.25) is 0 Å². The summed E-state index contributed by atoms with van der Waals surface area (Å²) >= 11 is 1.49. The summed E-state index contributed by atoms with van der Waals surface area (Å²) in [6.07, 6.45) is 0.952. The summed E-state index contributed by atoms with van der Waals surface area (Å²) in [7, 11) is 4.20. The van der Waals surface area contributed by atoms with Crippen LogP contribution in [0.4, 0.5) is 11.4 Å². The quantitative estimate of drug-likeness (QED) is 0.450. The van der Waals surface area contributed by atoms with Gasteiger partial charge in [-0.3, -0.25) is 14.5 Å². The minimum Gasteiger partial charge on any atom is -0.367 e. The molecular weight excluding hydrogens is 482 g/mol. The van der Waals surface area contributed by atoms with Gasteiger partial charge in [0.05, 0.1) is 16.9 Å². The number of benzene rings is 2. The molecule has 8 heteroatoms. The molecule has 2 fully saturated rings. The maximum absolute atomic E-state index is 13.1. The van der Waals surface area contributed by atoms with Crippen LogP contribution < -0.4 is 15.5 Å². The zero-order valence-corrected chi connectivity index (χ0v) is 22.3. The van der Waals surface area contributed by atoms with Crippen LogP contribution in [-0.2, 0) is 0 Å². The van der Waals surface area contributed by atoms with Gasteiger partial charge >= 0.3 is 0 Å². The van der Waals surface area contributed by atoms with Gasteiger partial charge in [-0.2, -0.15) is 11.3 Å². The number of carbonyl (C=O) groups excluding carboxylic acids is 2. The van der Waals surface area contributed by atoms with Crippen molar-refractivity contribution in [3.8, 4) is 0 Å². The maximum atomic E-state index is 13.1. The van der Waals surface area contributed by atoms with Crippen molar-refractivity contribution in [1.29, 1.82) is 0 Å². The van der Waals surface area contributed by atoms with E-state index < -0.39 is 0 Å². The van der Waals surface area contributed by atoms with Crippen molar-refractivity contribution in [3.05, 3.63) is 82.0 Å². The summed E-state index contributed by atoms with van der Waals surface area (Å²) in [6, 6.07) is 18.0. The molecule has 1 aliphatic carbocycles. The highest BCUT2D eigenvalue weighted by atomic mass is 32.1. The first kappa shape index (κ1) is 25.4. The predicted molar refractivity (Wildman–Crippen MR) is 151 cm³/mol. The Labute approximate surface area is 223 Å². The normalized spacial score (nSPS) is 19.6. The Balaban J connectivity index is 1.29. The Hall–Kier alpha value is -3.20. The van der Waals surface area contributed by atoms with E-state index in [9.17, 15) is 9.59 Å². The summed E-state index contributed by atoms with van der Waals surface area (Å²) in [6.45, 7) is 5.78. The number of rotatable bonds is 9. The fourth-order valence-electron chi connectivity index (χ4n) is 4.87. The lowest BCUT2D eigenvalue weighted by Gasteiger charge is -2.37. The van der Waals surface area contributed by atoms with Crippen LogP contribution in [0.3, 0.4) is 0 Å². The van der Waals surface area contributed by atoms with Crippen molar-refractivity contribution in [1.82, 2.24) is 15.1 Å². The molecule has 2 heterocycles. The summed E-state index contributed by atoms with van der Waals surface area (Å²) < 4.78 is 0. The van der Waals surface area contributed by atoms with E-state index in [1.807, 2.05) is 53.2 Å². The molecule has 0 radical (unpaired) electrons. The highest BCUT2D eigenvalue weighted by Crippen LogP contribution is 2.41. The lowest BCUT2D eigenvalue weighted by atomic mass is 10.1. The Morgan fingerprint density at radius 1 is 0.973 bits per heavy atom. The van der Waals surface area contributed by atoms with Crippen molar-refractivity contribution < 1.29 is 9.59 Å². The lowest BCUT2D eigenvalue weighted by molar-refractivity contribution is 0.0949. The van der Waals surface area contributed by atoms with E-state index >= 15 is 0 Å². The van der Waals surface area contributed by atoms with Crippen LogP contribution >= 0.6 is 11.3 Å². The molecule has 7 nitrogen and oxygen atoms in total. The molecule has 2 aliphatic rings. The van der Waals surface area contributed by atoms with Gasteiger partial charge in [-0.25, -0.2) is 0 Å². The van der Waals surface area contributed by atoms with E-state index in [0.717, 1.165) is 51.4 Å². The van der Waals surface area contributed by atoms with E-state index in [-0.39, 0.29) is 17.9 Å². The van der Waals surface area contributed by atoms with Crippen LogP contribution in [0.15, 0.2) is 65.4 Å². The van der Waals surface area contributed by atoms with Crippen molar-refractivity contribution in [2.75, 3.05) is 63.6 Å². The number of piperazine rings is 1. The molecule has 2 aromatic carbocycles. The second-order valence-corrected chi connectivity index (χ2v) is 10.9. The highest BCUT2D eigenvalue weighted by Gasteiger charge is 2.39. The third-order valence-corrected chi connectivity index (χ3v) is 7.88. The van der Waals surface area contributed by atoms with Crippen molar-refractivity contribution in [2.24, 2.45) is 0 Å². The van der Waals surface area contributed by atoms with Crippen LogP contribution in [0.25, 0.3) is 0 Å². The Morgan fingerprint density at radius 2 is 1.76 bits per heavy atom. The third-order valence-electron chi connectivity index (χ3n) is 7.20. The van der Waals surface area contributed by atoms with Gasteiger partial charge in [0.15, 0.2) is 0 Å². The molecule has 2 atom stereocenters. The van der Waals surface area contributed by atoms with Gasteiger partial charge in [0, 0.05) is 62.2 Å². The summed E-state index contributed by atoms with van der Waals surface area (Å²) in [5.74, 6) is 0.108. The monoisotopic (exact) mass is 517 g/mol. The number of hydrogen-bond acceptors (Lipinski definition) is 6. The van der Waals surface area contributed by atoms with Crippen LogP contribution in [0.1, 0.15) is 38.6 Å². The number of thiophene rings is 1. The Bertz CT molecular complexity index is 1210. The minimum atomic E-state index is -0.156. The fourth-order valence-corrected chi connectivity index (χ4v) is 5.51. The smallest absolute Gasteiger partial charge is 0.256 e. The van der Waals surface area contributed by atoms with E-state index in [1.54, 1.807) is 0 Å². The van der Waals surface area contributed by atoms with Crippen LogP contribution in [0.5, 0.6) is 0 Å². The average molecular weight is 518 g/mol. The topological polar surface area (TPSA) is 67.9 Å². The van der Waals surface area contributed by atoms with E-state index in [1.165, 1.54) is 16.9 Å². The maximum Gasteiger partial charge on any atom is 0.256 e. The summed E-state index contributed by atoms with van der Waals surface area (Å²) in [4.78, 5) is 33.1. The van der Waals surface area contributed by atoms with Gasteiger partial charge in [-0.15, -0.1) is 0 Å². The van der Waals surface area contributed by atoms with Gasteiger partial charge in [0.2, 0.25) is 0 Å². The van der Waals surface area contributed by atoms with Gasteiger partial charge < -0.3 is 20.4 Å². The molecule has 0 bridgehead atoms. The highest BCUT2D eigenvalue weighted by molar-refractivity contribution is 7.08. The zero-order valence-electron chi connectivity index (χ0n) is 21.5. The van der Waals surface area contributed by atoms with E-state index in [2.05, 4.69) is 51.6 Å². The van der Waals surface area contributed by atoms with E-state index in [0.29, 0.717) is 22.7 Å². The molecule has 1 saturated carbocycles. The number of amides is 2. The Morgan fingerprint density at radius 3 is 2.46 bits per heavy atom. The Kier molecular flexibility index (Phi) is 7.88. The van der Waals surface area contributed by atoms with Gasteiger partial charge in [-0.1, -0.05) is 30.3 Å². The molecule has 5 rings (SSSR count). The molecule has 0 unspecified atom stereocenters. The number of likely N-dealkylation sites (N-methyl/N-ethyl adjacent to an activating group) is 1. The van der Waals surface area contributed by atoms with Gasteiger partial charge in [0.25, 0.3) is 11.8 Å². The molecule has 1 aliphatic heterocycles. The lowest BCUT2D eigenvalue weighted by Crippen LogP contribution is -2.48. The van der Waals surface area contributed by atoms with Crippen LogP contribution in [-0.4, -0.2) is 81.0 Å². The predicted octanol–water partition coefficient (Wildman–Crippen LogP) is 3.97. The van der Waals surface area contributed by atoms with Crippen molar-refractivity contribution in [2.45, 2.75) is 18.4 Å². The second-order valence-electron chi connectivity index (χ2n) is 10.2. The second kappa shape index (κ2) is 11.5. The number of hydrogen-bond donors (Lipinski definition) is 2. The molecule has 2 amide bonds. The van der Waals surface area contributed by atoms with Gasteiger partial charge in [0.1, 0.15) is 0 Å². The molecule has 194 valence electrons. The third kappa shape index (κ3) is 6.39. The fraction of sp³-hybridized carbons (Fsp3) is 0.379. The minimum absolute atomic E-state index is 0.102. The number of carbonyl (C=O) groups is 2. The molecular formula is C29H35N5O2S. The average Bonchev–Trinajstić information content (AvgIpc) is 3.45. The molecule has 2 N–H and O–H groups in total. The first-order valence-corrected chi connectivity index (χ1v) is 13.9. The molecule has 3 aromatic rings. The first-order valence-electron chi connectivity index (χ1n) is 12.9.